The first-order valence-electron chi connectivity index (χ1n) is 7.40. The van der Waals surface area contributed by atoms with Gasteiger partial charge >= 0.3 is 0 Å². The van der Waals surface area contributed by atoms with Gasteiger partial charge in [-0.2, -0.15) is 4.31 Å². The van der Waals surface area contributed by atoms with Crippen LogP contribution >= 0.6 is 11.6 Å². The molecule has 0 saturated carbocycles. The van der Waals surface area contributed by atoms with Gasteiger partial charge in [-0.25, -0.2) is 8.42 Å². The number of para-hydroxylation sites is 1. The maximum atomic E-state index is 12.9. The summed E-state index contributed by atoms with van der Waals surface area (Å²) in [6.07, 6.45) is 0.684. The fourth-order valence-electron chi connectivity index (χ4n) is 3.12. The predicted octanol–water partition coefficient (Wildman–Crippen LogP) is 3.57. The average Bonchev–Trinajstić information content (AvgIpc) is 2.92. The van der Waals surface area contributed by atoms with Crippen LogP contribution in [0.25, 0.3) is 10.9 Å². The van der Waals surface area contributed by atoms with Crippen molar-refractivity contribution in [3.63, 3.8) is 0 Å². The summed E-state index contributed by atoms with van der Waals surface area (Å²) < 4.78 is 27.3. The third-order valence-electron chi connectivity index (χ3n) is 4.28. The van der Waals surface area contributed by atoms with Crippen molar-refractivity contribution >= 4 is 32.5 Å². The van der Waals surface area contributed by atoms with E-state index in [1.165, 1.54) is 10.4 Å². The number of hydrogen-bond donors (Lipinski definition) is 1. The minimum atomic E-state index is -3.54. The Morgan fingerprint density at radius 2 is 1.91 bits per heavy atom. The van der Waals surface area contributed by atoms with Gasteiger partial charge in [-0.3, -0.25) is 0 Å². The second-order valence-corrected chi connectivity index (χ2v) is 8.05. The zero-order valence-electron chi connectivity index (χ0n) is 12.3. The molecule has 6 heteroatoms. The van der Waals surface area contributed by atoms with E-state index in [9.17, 15) is 8.42 Å². The van der Waals surface area contributed by atoms with E-state index >= 15 is 0 Å². The molecule has 0 spiro atoms. The summed E-state index contributed by atoms with van der Waals surface area (Å²) in [5.41, 5.74) is 3.25. The number of nitrogens with zero attached hydrogens (tertiary/aromatic N) is 1. The Kier molecular flexibility index (Phi) is 3.44. The first-order valence-corrected chi connectivity index (χ1v) is 9.22. The number of aromatic nitrogens is 1. The van der Waals surface area contributed by atoms with E-state index in [1.54, 1.807) is 18.2 Å². The molecule has 3 aromatic rings. The highest BCUT2D eigenvalue weighted by Gasteiger charge is 2.30. The summed E-state index contributed by atoms with van der Waals surface area (Å²) in [6, 6.07) is 14.4. The van der Waals surface area contributed by atoms with Gasteiger partial charge in [-0.05, 0) is 29.8 Å². The summed E-state index contributed by atoms with van der Waals surface area (Å²) in [5, 5.41) is 1.52. The van der Waals surface area contributed by atoms with Crippen LogP contribution in [0.3, 0.4) is 0 Å². The van der Waals surface area contributed by atoms with Gasteiger partial charge in [0.25, 0.3) is 0 Å². The SMILES string of the molecule is O=S(=O)(c1cccc(Cl)c1)N1CCc2[nH]c3ccccc3c2C1. The van der Waals surface area contributed by atoms with Crippen molar-refractivity contribution in [1.29, 1.82) is 0 Å². The van der Waals surface area contributed by atoms with Crippen molar-refractivity contribution in [3.05, 3.63) is 64.8 Å². The molecule has 118 valence electrons. The van der Waals surface area contributed by atoms with E-state index in [2.05, 4.69) is 4.98 Å². The lowest BCUT2D eigenvalue weighted by molar-refractivity contribution is 0.391. The van der Waals surface area contributed by atoms with E-state index in [1.807, 2.05) is 24.3 Å². The quantitative estimate of drug-likeness (QED) is 0.771. The molecule has 0 saturated heterocycles. The number of halogens is 1. The van der Waals surface area contributed by atoms with E-state index in [0.717, 1.165) is 22.2 Å². The van der Waals surface area contributed by atoms with Crippen LogP contribution in [0.1, 0.15) is 11.3 Å². The minimum Gasteiger partial charge on any atom is -0.358 e. The fourth-order valence-corrected chi connectivity index (χ4v) is 4.83. The van der Waals surface area contributed by atoms with Crippen LogP contribution in [-0.2, 0) is 23.0 Å². The monoisotopic (exact) mass is 346 g/mol. The highest BCUT2D eigenvalue weighted by Crippen LogP contribution is 2.30. The number of sulfonamides is 1. The summed E-state index contributed by atoms with van der Waals surface area (Å²) in [4.78, 5) is 3.64. The highest BCUT2D eigenvalue weighted by atomic mass is 35.5. The summed E-state index contributed by atoms with van der Waals surface area (Å²) in [7, 11) is -3.54. The maximum Gasteiger partial charge on any atom is 0.243 e. The highest BCUT2D eigenvalue weighted by molar-refractivity contribution is 7.89. The van der Waals surface area contributed by atoms with Gasteiger partial charge in [0, 0.05) is 41.1 Å². The number of rotatable bonds is 2. The molecule has 4 nitrogen and oxygen atoms in total. The normalized spacial score (nSPS) is 15.7. The van der Waals surface area contributed by atoms with Crippen LogP contribution in [0.5, 0.6) is 0 Å². The lowest BCUT2D eigenvalue weighted by Crippen LogP contribution is -2.35. The smallest absolute Gasteiger partial charge is 0.243 e. The minimum absolute atomic E-state index is 0.244. The molecule has 0 atom stereocenters. The molecule has 0 radical (unpaired) electrons. The van der Waals surface area contributed by atoms with Crippen molar-refractivity contribution in [2.45, 2.75) is 17.9 Å². The van der Waals surface area contributed by atoms with E-state index in [-0.39, 0.29) is 4.90 Å². The molecule has 0 aliphatic carbocycles. The topological polar surface area (TPSA) is 53.2 Å². The Hall–Kier alpha value is -1.82. The first-order chi connectivity index (χ1) is 11.1. The van der Waals surface area contributed by atoms with Crippen molar-refractivity contribution < 1.29 is 8.42 Å². The third-order valence-corrected chi connectivity index (χ3v) is 6.36. The number of fused-ring (bicyclic) bond motifs is 3. The van der Waals surface area contributed by atoms with Crippen LogP contribution < -0.4 is 0 Å². The standard InChI is InChI=1S/C17H15ClN2O2S/c18-12-4-3-5-13(10-12)23(21,22)20-9-8-17-15(11-20)14-6-1-2-7-16(14)19-17/h1-7,10,19H,8-9,11H2. The average molecular weight is 347 g/mol. The van der Waals surface area contributed by atoms with Crippen molar-refractivity contribution in [2.75, 3.05) is 6.54 Å². The van der Waals surface area contributed by atoms with Gasteiger partial charge in [-0.15, -0.1) is 0 Å². The summed E-state index contributed by atoms with van der Waals surface area (Å²) in [5.74, 6) is 0. The van der Waals surface area contributed by atoms with Crippen LogP contribution in [-0.4, -0.2) is 24.3 Å². The molecule has 0 fully saturated rings. The Morgan fingerprint density at radius 3 is 2.74 bits per heavy atom. The first kappa shape index (κ1) is 14.8. The van der Waals surface area contributed by atoms with Crippen molar-refractivity contribution in [3.8, 4) is 0 Å². The largest absolute Gasteiger partial charge is 0.358 e. The molecule has 0 amide bonds. The Balaban J connectivity index is 1.75. The second kappa shape index (κ2) is 5.37. The third kappa shape index (κ3) is 2.45. The fraction of sp³-hybridized carbons (Fsp3) is 0.176. The lowest BCUT2D eigenvalue weighted by Gasteiger charge is -2.26. The van der Waals surface area contributed by atoms with Gasteiger partial charge in [-0.1, -0.05) is 35.9 Å². The maximum absolute atomic E-state index is 12.9. The summed E-state index contributed by atoms with van der Waals surface area (Å²) >= 11 is 5.94. The Labute approximate surface area is 139 Å². The van der Waals surface area contributed by atoms with E-state index in [4.69, 9.17) is 11.6 Å². The van der Waals surface area contributed by atoms with Crippen LogP contribution in [0.2, 0.25) is 5.02 Å². The number of hydrogen-bond acceptors (Lipinski definition) is 2. The predicted molar refractivity (Wildman–Crippen MR) is 91.1 cm³/mol. The molecule has 0 unspecified atom stereocenters. The van der Waals surface area contributed by atoms with Crippen LogP contribution in [0.15, 0.2) is 53.4 Å². The van der Waals surface area contributed by atoms with Gasteiger partial charge in [0.1, 0.15) is 0 Å². The molecule has 23 heavy (non-hydrogen) atoms. The lowest BCUT2D eigenvalue weighted by atomic mass is 10.1. The number of aromatic amines is 1. The van der Waals surface area contributed by atoms with Crippen LogP contribution in [0, 0.1) is 0 Å². The van der Waals surface area contributed by atoms with E-state index in [0.29, 0.717) is 24.5 Å². The zero-order chi connectivity index (χ0) is 16.0. The zero-order valence-corrected chi connectivity index (χ0v) is 13.9. The molecular formula is C17H15ClN2O2S. The molecule has 4 rings (SSSR count). The molecule has 1 aliphatic rings. The number of nitrogens with one attached hydrogen (secondary N) is 1. The van der Waals surface area contributed by atoms with Crippen molar-refractivity contribution in [1.82, 2.24) is 9.29 Å². The van der Waals surface area contributed by atoms with E-state index < -0.39 is 10.0 Å². The van der Waals surface area contributed by atoms with Gasteiger partial charge in [0.15, 0.2) is 0 Å². The second-order valence-electron chi connectivity index (χ2n) is 5.67. The van der Waals surface area contributed by atoms with Crippen molar-refractivity contribution in [2.24, 2.45) is 0 Å². The van der Waals surface area contributed by atoms with Gasteiger partial charge < -0.3 is 4.98 Å². The summed E-state index contributed by atoms with van der Waals surface area (Å²) in [6.45, 7) is 0.850. The van der Waals surface area contributed by atoms with Crippen LogP contribution in [0.4, 0.5) is 0 Å². The number of H-pyrrole nitrogens is 1. The van der Waals surface area contributed by atoms with Gasteiger partial charge in [0.05, 0.1) is 4.90 Å². The molecule has 1 aliphatic heterocycles. The number of benzene rings is 2. The Bertz CT molecular complexity index is 995. The molecule has 2 aromatic carbocycles. The van der Waals surface area contributed by atoms with Gasteiger partial charge in [0.2, 0.25) is 10.0 Å². The Morgan fingerprint density at radius 1 is 1.09 bits per heavy atom. The molecular weight excluding hydrogens is 332 g/mol. The molecule has 2 heterocycles. The molecule has 0 bridgehead atoms. The molecule has 1 N–H and O–H groups in total. The molecule has 1 aromatic heterocycles.